The highest BCUT2D eigenvalue weighted by Gasteiger charge is 2.26. The van der Waals surface area contributed by atoms with Crippen LogP contribution in [0.4, 0.5) is 8.78 Å². The molecule has 1 N–H and O–H groups in total. The van der Waals surface area contributed by atoms with Gasteiger partial charge in [0.15, 0.2) is 0 Å². The number of hydrogen-bond acceptors (Lipinski definition) is 3. The number of aromatic amines is 1. The lowest BCUT2D eigenvalue weighted by Crippen LogP contribution is -2.38. The number of nitrogens with zero attached hydrogens (tertiary/aromatic N) is 2. The molecule has 2 heterocycles. The molecule has 0 aliphatic carbocycles. The quantitative estimate of drug-likeness (QED) is 0.632. The van der Waals surface area contributed by atoms with E-state index in [1.54, 1.807) is 24.3 Å². The van der Waals surface area contributed by atoms with Crippen LogP contribution in [0.3, 0.4) is 0 Å². The van der Waals surface area contributed by atoms with Gasteiger partial charge in [-0.05, 0) is 55.7 Å². The Morgan fingerprint density at radius 2 is 1.83 bits per heavy atom. The second-order valence-electron chi connectivity index (χ2n) is 7.35. The highest BCUT2D eigenvalue weighted by atomic mass is 35.5. The first-order valence-corrected chi connectivity index (χ1v) is 9.99. The predicted molar refractivity (Wildman–Crippen MR) is 109 cm³/mol. The molecule has 0 amide bonds. The molecule has 0 bridgehead atoms. The topological polar surface area (TPSA) is 50.3 Å². The van der Waals surface area contributed by atoms with Crippen molar-refractivity contribution in [2.75, 3.05) is 13.1 Å². The smallest absolute Gasteiger partial charge is 0.387 e. The summed E-state index contributed by atoms with van der Waals surface area (Å²) < 4.78 is 30.9. The number of nitrogens with one attached hydrogen (secondary N) is 1. The van der Waals surface area contributed by atoms with E-state index < -0.39 is 6.61 Å². The third-order valence-corrected chi connectivity index (χ3v) is 5.91. The van der Waals surface area contributed by atoms with Crippen LogP contribution in [0, 0.1) is 0 Å². The number of aromatic nitrogens is 2. The van der Waals surface area contributed by atoms with Gasteiger partial charge in [0, 0.05) is 30.2 Å². The zero-order valence-corrected chi connectivity index (χ0v) is 16.7. The van der Waals surface area contributed by atoms with E-state index in [2.05, 4.69) is 21.5 Å². The number of ether oxygens (including phenoxy) is 1. The Hall–Kier alpha value is -2.38. The molecule has 5 nitrogen and oxygen atoms in total. The van der Waals surface area contributed by atoms with E-state index in [1.807, 2.05) is 22.8 Å². The summed E-state index contributed by atoms with van der Waals surface area (Å²) in [5, 5.41) is 0.597. The Morgan fingerprint density at radius 1 is 1.14 bits per heavy atom. The van der Waals surface area contributed by atoms with E-state index in [4.69, 9.17) is 11.6 Å². The summed E-state index contributed by atoms with van der Waals surface area (Å²) in [6.45, 7) is 0.964. The lowest BCUT2D eigenvalue weighted by atomic mass is 10.00. The summed E-state index contributed by atoms with van der Waals surface area (Å²) in [7, 11) is 0. The van der Waals surface area contributed by atoms with Crippen LogP contribution in [0.5, 0.6) is 5.75 Å². The van der Waals surface area contributed by atoms with Gasteiger partial charge in [0.25, 0.3) is 0 Å². The van der Waals surface area contributed by atoms with Crippen molar-refractivity contribution < 1.29 is 13.5 Å². The Kier molecular flexibility index (Phi) is 5.61. The Bertz CT molecular complexity index is 1040. The maximum absolute atomic E-state index is 12.5. The summed E-state index contributed by atoms with van der Waals surface area (Å²) in [4.78, 5) is 17.7. The summed E-state index contributed by atoms with van der Waals surface area (Å²) in [6, 6.07) is 12.5. The number of alkyl halides is 2. The normalized spacial score (nSPS) is 17.1. The first-order chi connectivity index (χ1) is 13.9. The van der Waals surface area contributed by atoms with E-state index in [9.17, 15) is 13.6 Å². The molecule has 0 saturated carbocycles. The minimum absolute atomic E-state index is 0.108. The maximum Gasteiger partial charge on any atom is 0.387 e. The lowest BCUT2D eigenvalue weighted by molar-refractivity contribution is -0.0498. The van der Waals surface area contributed by atoms with Crippen molar-refractivity contribution in [2.24, 2.45) is 0 Å². The minimum Gasteiger partial charge on any atom is -0.435 e. The number of H-pyrrole nitrogens is 1. The van der Waals surface area contributed by atoms with Gasteiger partial charge in [-0.2, -0.15) is 8.78 Å². The van der Waals surface area contributed by atoms with Gasteiger partial charge in [-0.15, -0.1) is 0 Å². The van der Waals surface area contributed by atoms with Crippen LogP contribution in [0.1, 0.15) is 37.4 Å². The van der Waals surface area contributed by atoms with Gasteiger partial charge in [-0.3, -0.25) is 9.47 Å². The average Bonchev–Trinajstić information content (AvgIpc) is 3.02. The highest BCUT2D eigenvalue weighted by molar-refractivity contribution is 6.31. The van der Waals surface area contributed by atoms with Crippen LogP contribution < -0.4 is 10.4 Å². The van der Waals surface area contributed by atoms with Crippen LogP contribution in [0.25, 0.3) is 11.0 Å². The van der Waals surface area contributed by atoms with E-state index in [-0.39, 0.29) is 23.5 Å². The summed E-state index contributed by atoms with van der Waals surface area (Å²) >= 11 is 6.03. The number of hydrogen-bond donors (Lipinski definition) is 1. The number of likely N-dealkylation sites (tertiary alicyclic amines) is 1. The number of halogens is 3. The van der Waals surface area contributed by atoms with Gasteiger partial charge in [0.1, 0.15) is 5.75 Å². The van der Waals surface area contributed by atoms with Crippen molar-refractivity contribution in [3.05, 3.63) is 63.5 Å². The lowest BCUT2D eigenvalue weighted by Gasteiger charge is -2.36. The van der Waals surface area contributed by atoms with E-state index >= 15 is 0 Å². The van der Waals surface area contributed by atoms with Gasteiger partial charge in [-0.1, -0.05) is 23.7 Å². The van der Waals surface area contributed by atoms with Crippen molar-refractivity contribution in [3.8, 4) is 5.75 Å². The molecule has 1 aliphatic heterocycles. The van der Waals surface area contributed by atoms with Crippen LogP contribution >= 0.6 is 11.6 Å². The number of imidazole rings is 1. The average molecular weight is 422 g/mol. The highest BCUT2D eigenvalue weighted by Crippen LogP contribution is 2.31. The van der Waals surface area contributed by atoms with Crippen LogP contribution in [-0.2, 0) is 0 Å². The number of piperidine rings is 1. The molecule has 1 aliphatic rings. The fourth-order valence-electron chi connectivity index (χ4n) is 4.14. The van der Waals surface area contributed by atoms with Gasteiger partial charge in [0.2, 0.25) is 0 Å². The fraction of sp³-hybridized carbons (Fsp3) is 0.381. The van der Waals surface area contributed by atoms with Gasteiger partial charge < -0.3 is 9.72 Å². The Labute approximate surface area is 171 Å². The largest absolute Gasteiger partial charge is 0.435 e. The van der Waals surface area contributed by atoms with E-state index in [0.29, 0.717) is 5.02 Å². The zero-order chi connectivity index (χ0) is 20.5. The molecule has 29 heavy (non-hydrogen) atoms. The van der Waals surface area contributed by atoms with Gasteiger partial charge in [-0.25, -0.2) is 4.79 Å². The van der Waals surface area contributed by atoms with Gasteiger partial charge in [0.05, 0.1) is 11.0 Å². The van der Waals surface area contributed by atoms with Crippen molar-refractivity contribution in [2.45, 2.75) is 38.5 Å². The molecule has 154 valence electrons. The first-order valence-electron chi connectivity index (χ1n) is 9.61. The molecule has 0 radical (unpaired) electrons. The second-order valence-corrected chi connectivity index (χ2v) is 7.79. The van der Waals surface area contributed by atoms with Crippen LogP contribution in [0.2, 0.25) is 5.02 Å². The zero-order valence-electron chi connectivity index (χ0n) is 15.9. The van der Waals surface area contributed by atoms with E-state index in [0.717, 1.165) is 42.5 Å². The molecule has 1 saturated heterocycles. The monoisotopic (exact) mass is 421 g/mol. The first kappa shape index (κ1) is 19.9. The third-order valence-electron chi connectivity index (χ3n) is 5.68. The fourth-order valence-corrected chi connectivity index (χ4v) is 4.31. The summed E-state index contributed by atoms with van der Waals surface area (Å²) in [5.74, 6) is 0.161. The molecule has 4 rings (SSSR count). The van der Waals surface area contributed by atoms with Crippen molar-refractivity contribution in [3.63, 3.8) is 0 Å². The second kappa shape index (κ2) is 8.16. The molecule has 2 aromatic carbocycles. The molecule has 1 atom stereocenters. The molecular weight excluding hydrogens is 400 g/mol. The van der Waals surface area contributed by atoms with Crippen molar-refractivity contribution >= 4 is 22.6 Å². The molecular formula is C21H22ClF2N3O2. The van der Waals surface area contributed by atoms with Crippen LogP contribution in [-0.4, -0.2) is 34.2 Å². The predicted octanol–water partition coefficient (Wildman–Crippen LogP) is 4.98. The Morgan fingerprint density at radius 3 is 2.48 bits per heavy atom. The summed E-state index contributed by atoms with van der Waals surface area (Å²) in [6.07, 6.45) is 1.71. The third kappa shape index (κ3) is 4.16. The minimum atomic E-state index is -2.82. The standard InChI is InChI=1S/C21H22ClF2N3O2/c1-13(14-2-5-17(6-3-14)29-20(23)24)26-10-8-16(9-11-26)27-19-7-4-15(22)12-18(19)25-21(27)28/h2-7,12-13,16,20H,8-11H2,1H3,(H,25,28). The molecule has 8 heteroatoms. The van der Waals surface area contributed by atoms with Crippen molar-refractivity contribution in [1.82, 2.24) is 14.5 Å². The molecule has 1 aromatic heterocycles. The molecule has 1 fully saturated rings. The number of rotatable bonds is 5. The summed E-state index contributed by atoms with van der Waals surface area (Å²) in [5.41, 5.74) is 2.57. The Balaban J connectivity index is 1.44. The van der Waals surface area contributed by atoms with Crippen molar-refractivity contribution in [1.29, 1.82) is 0 Å². The number of benzene rings is 2. The molecule has 3 aromatic rings. The molecule has 1 unspecified atom stereocenters. The van der Waals surface area contributed by atoms with E-state index in [1.165, 1.54) is 0 Å². The molecule has 0 spiro atoms. The van der Waals surface area contributed by atoms with Crippen LogP contribution in [0.15, 0.2) is 47.3 Å². The van der Waals surface area contributed by atoms with Gasteiger partial charge >= 0.3 is 12.3 Å². The maximum atomic E-state index is 12.5. The SMILES string of the molecule is CC(c1ccc(OC(F)F)cc1)N1CCC(n2c(=O)[nH]c3cc(Cl)ccc32)CC1. The number of fused-ring (bicyclic) bond motifs is 1.